The summed E-state index contributed by atoms with van der Waals surface area (Å²) < 4.78 is 5.26. The lowest BCUT2D eigenvalue weighted by molar-refractivity contribution is 0.0848. The summed E-state index contributed by atoms with van der Waals surface area (Å²) in [4.78, 5) is 2.52. The van der Waals surface area contributed by atoms with Gasteiger partial charge >= 0.3 is 0 Å². The molecular weight excluding hydrogens is 248 g/mol. The third-order valence-corrected chi connectivity index (χ3v) is 3.90. The van der Waals surface area contributed by atoms with E-state index in [1.54, 1.807) is 7.11 Å². The molecule has 0 aromatic heterocycles. The fraction of sp³-hybridized carbons (Fsp3) is 0.647. The topological polar surface area (TPSA) is 24.5 Å². The van der Waals surface area contributed by atoms with Crippen LogP contribution in [0.5, 0.6) is 0 Å². The Morgan fingerprint density at radius 3 is 2.30 bits per heavy atom. The van der Waals surface area contributed by atoms with Crippen LogP contribution in [0, 0.1) is 5.92 Å². The SMILES string of the molecule is CCN(CCOC)C(C(C)C)C(NC)c1ccccc1. The predicted octanol–water partition coefficient (Wildman–Crippen LogP) is 2.94. The van der Waals surface area contributed by atoms with Crippen molar-refractivity contribution in [3.63, 3.8) is 0 Å². The number of nitrogens with zero attached hydrogens (tertiary/aromatic N) is 1. The van der Waals surface area contributed by atoms with Gasteiger partial charge in [0.1, 0.15) is 0 Å². The quantitative estimate of drug-likeness (QED) is 0.751. The molecular formula is C17H30N2O. The summed E-state index contributed by atoms with van der Waals surface area (Å²) in [6, 6.07) is 11.5. The van der Waals surface area contributed by atoms with Crippen LogP contribution in [0.3, 0.4) is 0 Å². The Kier molecular flexibility index (Phi) is 7.82. The van der Waals surface area contributed by atoms with Crippen LogP contribution < -0.4 is 5.32 Å². The minimum atomic E-state index is 0.341. The van der Waals surface area contributed by atoms with E-state index in [0.717, 1.165) is 19.7 Å². The van der Waals surface area contributed by atoms with Gasteiger partial charge in [0.05, 0.1) is 6.61 Å². The van der Waals surface area contributed by atoms with Crippen molar-refractivity contribution in [2.24, 2.45) is 5.92 Å². The van der Waals surface area contributed by atoms with E-state index in [1.165, 1.54) is 5.56 Å². The zero-order valence-corrected chi connectivity index (χ0v) is 13.6. The average Bonchev–Trinajstić information content (AvgIpc) is 2.47. The van der Waals surface area contributed by atoms with Crippen LogP contribution in [0.25, 0.3) is 0 Å². The van der Waals surface area contributed by atoms with E-state index in [4.69, 9.17) is 4.74 Å². The van der Waals surface area contributed by atoms with E-state index in [2.05, 4.69) is 68.4 Å². The maximum atomic E-state index is 5.26. The van der Waals surface area contributed by atoms with Crippen molar-refractivity contribution < 1.29 is 4.74 Å². The number of methoxy groups -OCH3 is 1. The molecule has 0 radical (unpaired) electrons. The number of likely N-dealkylation sites (N-methyl/N-ethyl adjacent to an activating group) is 2. The highest BCUT2D eigenvalue weighted by Gasteiger charge is 2.29. The molecule has 0 bridgehead atoms. The Bertz CT molecular complexity index is 353. The van der Waals surface area contributed by atoms with Gasteiger partial charge in [0.25, 0.3) is 0 Å². The second kappa shape index (κ2) is 9.11. The summed E-state index contributed by atoms with van der Waals surface area (Å²) in [7, 11) is 3.82. The molecule has 1 aromatic rings. The van der Waals surface area contributed by atoms with Crippen LogP contribution in [0.15, 0.2) is 30.3 Å². The Morgan fingerprint density at radius 1 is 1.20 bits per heavy atom. The Hall–Kier alpha value is -0.900. The van der Waals surface area contributed by atoms with Crippen molar-refractivity contribution in [2.75, 3.05) is 33.9 Å². The molecule has 20 heavy (non-hydrogen) atoms. The summed E-state index contributed by atoms with van der Waals surface area (Å²) in [5.74, 6) is 0.574. The first-order valence-electron chi connectivity index (χ1n) is 7.60. The number of hydrogen-bond acceptors (Lipinski definition) is 3. The second-order valence-corrected chi connectivity index (χ2v) is 5.53. The third-order valence-electron chi connectivity index (χ3n) is 3.90. The highest BCUT2D eigenvalue weighted by molar-refractivity contribution is 5.21. The molecule has 3 heteroatoms. The normalized spacial score (nSPS) is 14.8. The zero-order chi connectivity index (χ0) is 15.0. The highest BCUT2D eigenvalue weighted by Crippen LogP contribution is 2.26. The number of ether oxygens (including phenoxy) is 1. The van der Waals surface area contributed by atoms with Gasteiger partial charge < -0.3 is 10.1 Å². The van der Waals surface area contributed by atoms with Crippen LogP contribution in [-0.4, -0.2) is 44.8 Å². The van der Waals surface area contributed by atoms with Crippen LogP contribution >= 0.6 is 0 Å². The third kappa shape index (κ3) is 4.58. The molecule has 0 aliphatic heterocycles. The second-order valence-electron chi connectivity index (χ2n) is 5.53. The molecule has 0 aliphatic carbocycles. The minimum Gasteiger partial charge on any atom is -0.383 e. The molecule has 0 saturated heterocycles. The van der Waals surface area contributed by atoms with Gasteiger partial charge in [-0.15, -0.1) is 0 Å². The average molecular weight is 278 g/mol. The van der Waals surface area contributed by atoms with E-state index >= 15 is 0 Å². The molecule has 0 fully saturated rings. The lowest BCUT2D eigenvalue weighted by Gasteiger charge is -2.39. The van der Waals surface area contributed by atoms with Crippen LogP contribution in [0.4, 0.5) is 0 Å². The molecule has 1 aromatic carbocycles. The fourth-order valence-electron chi connectivity index (χ4n) is 2.94. The first kappa shape index (κ1) is 17.2. The van der Waals surface area contributed by atoms with Gasteiger partial charge in [-0.2, -0.15) is 0 Å². The van der Waals surface area contributed by atoms with E-state index in [-0.39, 0.29) is 0 Å². The van der Waals surface area contributed by atoms with Gasteiger partial charge in [0, 0.05) is 25.7 Å². The summed E-state index contributed by atoms with van der Waals surface area (Å²) >= 11 is 0. The smallest absolute Gasteiger partial charge is 0.0589 e. The van der Waals surface area contributed by atoms with Gasteiger partial charge in [0.2, 0.25) is 0 Å². The Labute approximate surface area is 124 Å². The van der Waals surface area contributed by atoms with Crippen LogP contribution in [-0.2, 0) is 4.74 Å². The number of rotatable bonds is 9. The van der Waals surface area contributed by atoms with Crippen LogP contribution in [0.2, 0.25) is 0 Å². The molecule has 0 saturated carbocycles. The summed E-state index contributed by atoms with van der Waals surface area (Å²) in [6.45, 7) is 9.62. The standard InChI is InChI=1S/C17H30N2O/c1-6-19(12-13-20-5)17(14(2)3)16(18-4)15-10-8-7-9-11-15/h7-11,14,16-18H,6,12-13H2,1-5H3. The molecule has 0 amide bonds. The van der Waals surface area contributed by atoms with E-state index in [0.29, 0.717) is 18.0 Å². The van der Waals surface area contributed by atoms with E-state index < -0.39 is 0 Å². The first-order valence-corrected chi connectivity index (χ1v) is 7.60. The summed E-state index contributed by atoms with van der Waals surface area (Å²) in [5.41, 5.74) is 1.35. The maximum Gasteiger partial charge on any atom is 0.0589 e. The largest absolute Gasteiger partial charge is 0.383 e. The maximum absolute atomic E-state index is 5.26. The van der Waals surface area contributed by atoms with E-state index in [1.807, 2.05) is 0 Å². The van der Waals surface area contributed by atoms with Crippen molar-refractivity contribution in [2.45, 2.75) is 32.9 Å². The molecule has 3 nitrogen and oxygen atoms in total. The van der Waals surface area contributed by atoms with Gasteiger partial charge in [-0.1, -0.05) is 51.1 Å². The van der Waals surface area contributed by atoms with Crippen molar-refractivity contribution in [3.05, 3.63) is 35.9 Å². The molecule has 2 atom stereocenters. The Morgan fingerprint density at radius 2 is 1.85 bits per heavy atom. The first-order chi connectivity index (χ1) is 9.65. The molecule has 114 valence electrons. The van der Waals surface area contributed by atoms with Gasteiger partial charge in [-0.3, -0.25) is 4.90 Å². The van der Waals surface area contributed by atoms with Crippen molar-refractivity contribution in [1.29, 1.82) is 0 Å². The molecule has 0 heterocycles. The zero-order valence-electron chi connectivity index (χ0n) is 13.6. The fourth-order valence-corrected chi connectivity index (χ4v) is 2.94. The molecule has 1 N–H and O–H groups in total. The minimum absolute atomic E-state index is 0.341. The van der Waals surface area contributed by atoms with Gasteiger partial charge in [-0.05, 0) is 25.1 Å². The lowest BCUT2D eigenvalue weighted by atomic mass is 9.89. The summed E-state index contributed by atoms with van der Waals surface area (Å²) in [6.07, 6.45) is 0. The molecule has 1 rings (SSSR count). The number of benzene rings is 1. The molecule has 0 spiro atoms. The number of hydrogen-bond donors (Lipinski definition) is 1. The molecule has 0 aliphatic rings. The van der Waals surface area contributed by atoms with E-state index in [9.17, 15) is 0 Å². The van der Waals surface area contributed by atoms with Crippen molar-refractivity contribution in [1.82, 2.24) is 10.2 Å². The van der Waals surface area contributed by atoms with Crippen LogP contribution in [0.1, 0.15) is 32.4 Å². The molecule has 2 unspecified atom stereocenters. The van der Waals surface area contributed by atoms with Gasteiger partial charge in [0.15, 0.2) is 0 Å². The predicted molar refractivity (Wildman–Crippen MR) is 86.0 cm³/mol. The Balaban J connectivity index is 2.97. The van der Waals surface area contributed by atoms with Gasteiger partial charge in [-0.25, -0.2) is 0 Å². The summed E-state index contributed by atoms with van der Waals surface area (Å²) in [5, 5.41) is 3.51. The lowest BCUT2D eigenvalue weighted by Crippen LogP contribution is -2.48. The highest BCUT2D eigenvalue weighted by atomic mass is 16.5. The number of nitrogens with one attached hydrogen (secondary N) is 1. The monoisotopic (exact) mass is 278 g/mol. The van der Waals surface area contributed by atoms with Crippen molar-refractivity contribution >= 4 is 0 Å². The van der Waals surface area contributed by atoms with Crippen molar-refractivity contribution in [3.8, 4) is 0 Å².